The molecule has 2 N–H and O–H groups in total. The highest BCUT2D eigenvalue weighted by Gasteiger charge is 2.07. The third kappa shape index (κ3) is 6.51. The molecule has 0 aliphatic carbocycles. The largest absolute Gasteiger partial charge is 0.356 e. The number of nitrogens with zero attached hydrogens (tertiary/aromatic N) is 3. The molecule has 6 nitrogen and oxygen atoms in total. The van der Waals surface area contributed by atoms with Gasteiger partial charge >= 0.3 is 0 Å². The number of likely N-dealkylation sites (N-methyl/N-ethyl adjacent to an activating group) is 1. The average Bonchev–Trinajstić information content (AvgIpc) is 2.50. The first-order valence-electron chi connectivity index (χ1n) is 7.36. The predicted octanol–water partition coefficient (Wildman–Crippen LogP) is 1.14. The summed E-state index contributed by atoms with van der Waals surface area (Å²) in [6.07, 6.45) is 3.56. The number of guanidine groups is 1. The van der Waals surface area contributed by atoms with E-state index in [1.165, 1.54) is 23.2 Å². The number of hydrogen-bond acceptors (Lipinski definition) is 3. The van der Waals surface area contributed by atoms with Crippen LogP contribution in [0.3, 0.4) is 0 Å². The van der Waals surface area contributed by atoms with E-state index in [9.17, 15) is 9.18 Å². The van der Waals surface area contributed by atoms with Crippen molar-refractivity contribution in [3.8, 4) is 0 Å². The lowest BCUT2D eigenvalue weighted by Crippen LogP contribution is -2.43. The zero-order valence-electron chi connectivity index (χ0n) is 13.4. The van der Waals surface area contributed by atoms with Crippen molar-refractivity contribution in [2.45, 2.75) is 26.3 Å². The standard InChI is InChI=1S/C15H24FN5O/c1-4-5-8-18-15(20-11-14(22)21(2)3)19-10-13-12(16)7-6-9-17-13/h6-7,9H,4-5,8,10-11H2,1-3H3,(H2,18,19,20). The average molecular weight is 309 g/mol. The van der Waals surface area contributed by atoms with Crippen molar-refractivity contribution in [2.24, 2.45) is 4.99 Å². The Morgan fingerprint density at radius 1 is 1.41 bits per heavy atom. The molecular weight excluding hydrogens is 285 g/mol. The molecule has 0 unspecified atom stereocenters. The van der Waals surface area contributed by atoms with E-state index in [4.69, 9.17) is 0 Å². The van der Waals surface area contributed by atoms with Gasteiger partial charge in [0.1, 0.15) is 5.82 Å². The maximum absolute atomic E-state index is 13.5. The quantitative estimate of drug-likeness (QED) is 0.450. The van der Waals surface area contributed by atoms with E-state index in [0.717, 1.165) is 19.4 Å². The summed E-state index contributed by atoms with van der Waals surface area (Å²) >= 11 is 0. The van der Waals surface area contributed by atoms with E-state index in [1.54, 1.807) is 14.1 Å². The fraction of sp³-hybridized carbons (Fsp3) is 0.533. The van der Waals surface area contributed by atoms with Gasteiger partial charge in [0.25, 0.3) is 0 Å². The summed E-state index contributed by atoms with van der Waals surface area (Å²) < 4.78 is 13.5. The second-order valence-corrected chi connectivity index (χ2v) is 5.02. The van der Waals surface area contributed by atoms with Crippen LogP contribution in [0.4, 0.5) is 4.39 Å². The first kappa shape index (κ1) is 17.9. The van der Waals surface area contributed by atoms with Gasteiger partial charge < -0.3 is 15.5 Å². The van der Waals surface area contributed by atoms with Crippen LogP contribution in [0, 0.1) is 5.82 Å². The number of carbonyl (C=O) groups excluding carboxylic acids is 1. The number of rotatable bonds is 7. The smallest absolute Gasteiger partial charge is 0.241 e. The Balaban J connectivity index is 2.65. The minimum atomic E-state index is -0.386. The number of aromatic nitrogens is 1. The highest BCUT2D eigenvalue weighted by atomic mass is 19.1. The molecule has 0 radical (unpaired) electrons. The van der Waals surface area contributed by atoms with E-state index < -0.39 is 0 Å². The number of aliphatic imine (C=N–C) groups is 1. The minimum absolute atomic E-state index is 0.0611. The second-order valence-electron chi connectivity index (χ2n) is 5.02. The van der Waals surface area contributed by atoms with Crippen molar-refractivity contribution >= 4 is 11.9 Å². The lowest BCUT2D eigenvalue weighted by molar-refractivity contribution is -0.127. The van der Waals surface area contributed by atoms with Crippen molar-refractivity contribution in [1.82, 2.24) is 20.5 Å². The van der Waals surface area contributed by atoms with Gasteiger partial charge in [-0.1, -0.05) is 13.3 Å². The van der Waals surface area contributed by atoms with Gasteiger partial charge in [-0.05, 0) is 18.6 Å². The molecule has 0 aliphatic rings. The highest BCUT2D eigenvalue weighted by molar-refractivity contribution is 5.86. The Kier molecular flexibility index (Phi) is 7.88. The van der Waals surface area contributed by atoms with E-state index >= 15 is 0 Å². The monoisotopic (exact) mass is 309 g/mol. The number of unbranched alkanes of at least 4 members (excludes halogenated alkanes) is 1. The number of amides is 1. The molecule has 0 spiro atoms. The fourth-order valence-electron chi connectivity index (χ4n) is 1.56. The molecule has 122 valence electrons. The maximum Gasteiger partial charge on any atom is 0.241 e. The summed E-state index contributed by atoms with van der Waals surface area (Å²) in [5.74, 6) is 0.0336. The van der Waals surface area contributed by atoms with Crippen molar-refractivity contribution < 1.29 is 9.18 Å². The Morgan fingerprint density at radius 3 is 2.82 bits per heavy atom. The van der Waals surface area contributed by atoms with Crippen LogP contribution in [0.15, 0.2) is 23.3 Å². The summed E-state index contributed by atoms with van der Waals surface area (Å²) in [5.41, 5.74) is 0.276. The molecular formula is C15H24FN5O. The van der Waals surface area contributed by atoms with Crippen LogP contribution in [-0.2, 0) is 11.3 Å². The molecule has 22 heavy (non-hydrogen) atoms. The third-order valence-corrected chi connectivity index (χ3v) is 2.95. The number of nitrogens with one attached hydrogen (secondary N) is 2. The summed E-state index contributed by atoms with van der Waals surface area (Å²) in [6, 6.07) is 2.89. The Bertz CT molecular complexity index is 504. The molecule has 0 saturated carbocycles. The first-order valence-corrected chi connectivity index (χ1v) is 7.36. The Labute approximate surface area is 130 Å². The van der Waals surface area contributed by atoms with Crippen LogP contribution < -0.4 is 10.6 Å². The molecule has 0 bridgehead atoms. The third-order valence-electron chi connectivity index (χ3n) is 2.95. The lowest BCUT2D eigenvalue weighted by Gasteiger charge is -2.14. The second kappa shape index (κ2) is 9.70. The molecule has 1 aromatic heterocycles. The van der Waals surface area contributed by atoms with E-state index in [0.29, 0.717) is 5.96 Å². The minimum Gasteiger partial charge on any atom is -0.356 e. The molecule has 0 fully saturated rings. The predicted molar refractivity (Wildman–Crippen MR) is 84.9 cm³/mol. The van der Waals surface area contributed by atoms with Crippen LogP contribution >= 0.6 is 0 Å². The van der Waals surface area contributed by atoms with Crippen molar-refractivity contribution in [3.63, 3.8) is 0 Å². The van der Waals surface area contributed by atoms with Crippen LogP contribution in [0.1, 0.15) is 25.5 Å². The lowest BCUT2D eigenvalue weighted by atomic mass is 10.3. The fourth-order valence-corrected chi connectivity index (χ4v) is 1.56. The summed E-state index contributed by atoms with van der Waals surface area (Å²) in [4.78, 5) is 21.3. The molecule has 0 saturated heterocycles. The molecule has 1 rings (SSSR count). The van der Waals surface area contributed by atoms with Gasteiger partial charge in [0.15, 0.2) is 5.96 Å². The van der Waals surface area contributed by atoms with Crippen LogP contribution in [0.25, 0.3) is 0 Å². The van der Waals surface area contributed by atoms with Gasteiger partial charge in [-0.2, -0.15) is 0 Å². The maximum atomic E-state index is 13.5. The van der Waals surface area contributed by atoms with Crippen LogP contribution in [-0.4, -0.2) is 48.9 Å². The number of pyridine rings is 1. The molecule has 7 heteroatoms. The SMILES string of the molecule is CCCCNC(=NCc1ncccc1F)NCC(=O)N(C)C. The van der Waals surface area contributed by atoms with Crippen molar-refractivity contribution in [1.29, 1.82) is 0 Å². The van der Waals surface area contributed by atoms with E-state index in [1.807, 2.05) is 0 Å². The van der Waals surface area contributed by atoms with Crippen molar-refractivity contribution in [2.75, 3.05) is 27.2 Å². The van der Waals surface area contributed by atoms with Crippen LogP contribution in [0.2, 0.25) is 0 Å². The van der Waals surface area contributed by atoms with Crippen molar-refractivity contribution in [3.05, 3.63) is 29.8 Å². The highest BCUT2D eigenvalue weighted by Crippen LogP contribution is 2.03. The number of hydrogen-bond donors (Lipinski definition) is 2. The summed E-state index contributed by atoms with van der Waals surface area (Å²) in [7, 11) is 3.38. The van der Waals surface area contributed by atoms with Gasteiger partial charge in [0, 0.05) is 26.8 Å². The Morgan fingerprint density at radius 2 is 2.18 bits per heavy atom. The molecule has 0 aliphatic heterocycles. The van der Waals surface area contributed by atoms with Gasteiger partial charge in [0.2, 0.25) is 5.91 Å². The molecule has 1 aromatic rings. The first-order chi connectivity index (χ1) is 10.5. The Hall–Kier alpha value is -2.18. The summed E-state index contributed by atoms with van der Waals surface area (Å²) in [5, 5.41) is 6.07. The topological polar surface area (TPSA) is 69.6 Å². The molecule has 0 aromatic carbocycles. The summed E-state index contributed by atoms with van der Waals surface area (Å²) in [6.45, 7) is 3.08. The number of carbonyl (C=O) groups is 1. The van der Waals surface area contributed by atoms with Gasteiger partial charge in [-0.15, -0.1) is 0 Å². The van der Waals surface area contributed by atoms with E-state index in [-0.39, 0.29) is 30.5 Å². The zero-order valence-corrected chi connectivity index (χ0v) is 13.4. The van der Waals surface area contributed by atoms with Crippen LogP contribution in [0.5, 0.6) is 0 Å². The molecule has 0 atom stereocenters. The van der Waals surface area contributed by atoms with Gasteiger partial charge in [0.05, 0.1) is 18.8 Å². The number of halogens is 1. The van der Waals surface area contributed by atoms with E-state index in [2.05, 4.69) is 27.5 Å². The normalized spacial score (nSPS) is 11.2. The molecule has 1 amide bonds. The van der Waals surface area contributed by atoms with Gasteiger partial charge in [-0.25, -0.2) is 9.38 Å². The zero-order chi connectivity index (χ0) is 16.4. The molecule has 1 heterocycles. The van der Waals surface area contributed by atoms with Gasteiger partial charge in [-0.3, -0.25) is 9.78 Å².